The summed E-state index contributed by atoms with van der Waals surface area (Å²) < 4.78 is 0.953. The lowest BCUT2D eigenvalue weighted by molar-refractivity contribution is 1.32. The van der Waals surface area contributed by atoms with E-state index < -0.39 is 0 Å². The summed E-state index contributed by atoms with van der Waals surface area (Å²) in [5.41, 5.74) is 8.59. The van der Waals surface area contributed by atoms with Gasteiger partial charge in [0.2, 0.25) is 0 Å². The summed E-state index contributed by atoms with van der Waals surface area (Å²) in [6.07, 6.45) is 1.93. The highest BCUT2D eigenvalue weighted by Crippen LogP contribution is 2.31. The lowest BCUT2D eigenvalue weighted by atomic mass is 10.2. The number of nitrogens with two attached hydrogens (primary N) is 1. The summed E-state index contributed by atoms with van der Waals surface area (Å²) >= 11 is 4.85. The van der Waals surface area contributed by atoms with E-state index in [1.807, 2.05) is 17.6 Å². The zero-order valence-electron chi connectivity index (χ0n) is 7.54. The number of fused-ring (bicyclic) bond motifs is 1. The van der Waals surface area contributed by atoms with Crippen LogP contribution in [0.5, 0.6) is 0 Å². The van der Waals surface area contributed by atoms with Crippen LogP contribution in [0.3, 0.4) is 0 Å². The quantitative estimate of drug-likeness (QED) is 0.642. The standard InChI is InChI=1S/C9H7BrN4S/c10-7-1-4-5(2-12-8(4)14-7)6-3-15-9(11)13-6/h1-3,12,14H,(H2,11,13). The Morgan fingerprint density at radius 3 is 3.07 bits per heavy atom. The average molecular weight is 283 g/mol. The Morgan fingerprint density at radius 1 is 1.47 bits per heavy atom. The lowest BCUT2D eigenvalue weighted by Gasteiger charge is -1.88. The maximum Gasteiger partial charge on any atom is 0.180 e. The van der Waals surface area contributed by atoms with Gasteiger partial charge >= 0.3 is 0 Å². The molecule has 3 rings (SSSR count). The summed E-state index contributed by atoms with van der Waals surface area (Å²) in [6.45, 7) is 0. The number of nitrogens with zero attached hydrogens (tertiary/aromatic N) is 1. The fourth-order valence-corrected chi connectivity index (χ4v) is 2.58. The Morgan fingerprint density at radius 2 is 2.33 bits per heavy atom. The number of nitrogen functional groups attached to an aromatic ring is 1. The van der Waals surface area contributed by atoms with Crippen molar-refractivity contribution in [3.05, 3.63) is 22.2 Å². The van der Waals surface area contributed by atoms with Gasteiger partial charge in [0, 0.05) is 22.5 Å². The molecule has 76 valence electrons. The molecule has 0 saturated heterocycles. The number of rotatable bonds is 1. The van der Waals surface area contributed by atoms with Gasteiger partial charge in [-0.3, -0.25) is 0 Å². The van der Waals surface area contributed by atoms with E-state index in [1.165, 1.54) is 11.3 Å². The third-order valence-corrected chi connectivity index (χ3v) is 3.33. The van der Waals surface area contributed by atoms with E-state index in [0.29, 0.717) is 5.13 Å². The molecule has 0 aliphatic carbocycles. The Bertz CT molecular complexity index is 621. The fourth-order valence-electron chi connectivity index (χ4n) is 1.59. The molecule has 0 bridgehead atoms. The normalized spacial score (nSPS) is 11.3. The largest absolute Gasteiger partial charge is 0.375 e. The van der Waals surface area contributed by atoms with Gasteiger partial charge < -0.3 is 15.7 Å². The van der Waals surface area contributed by atoms with E-state index in [4.69, 9.17) is 5.73 Å². The Labute approximate surface area is 97.7 Å². The number of aromatic amines is 2. The minimum absolute atomic E-state index is 0.592. The number of nitrogens with one attached hydrogen (secondary N) is 2. The zero-order valence-corrected chi connectivity index (χ0v) is 9.95. The van der Waals surface area contributed by atoms with E-state index in [9.17, 15) is 0 Å². The number of H-pyrrole nitrogens is 2. The Hall–Kier alpha value is -1.27. The number of hydrogen-bond donors (Lipinski definition) is 3. The fraction of sp³-hybridized carbons (Fsp3) is 0. The van der Waals surface area contributed by atoms with Crippen molar-refractivity contribution in [3.8, 4) is 11.3 Å². The molecule has 4 N–H and O–H groups in total. The number of halogens is 1. The molecule has 0 atom stereocenters. The molecule has 0 fully saturated rings. The first-order chi connectivity index (χ1) is 7.24. The van der Waals surface area contributed by atoms with Crippen LogP contribution in [0.1, 0.15) is 0 Å². The van der Waals surface area contributed by atoms with Crippen LogP contribution in [0, 0.1) is 0 Å². The van der Waals surface area contributed by atoms with Crippen LogP contribution in [-0.2, 0) is 0 Å². The first-order valence-corrected chi connectivity index (χ1v) is 5.98. The highest BCUT2D eigenvalue weighted by atomic mass is 79.9. The summed E-state index contributed by atoms with van der Waals surface area (Å²) in [5.74, 6) is 0. The van der Waals surface area contributed by atoms with Crippen LogP contribution in [0.4, 0.5) is 5.13 Å². The van der Waals surface area contributed by atoms with Crippen molar-refractivity contribution in [1.82, 2.24) is 15.0 Å². The predicted molar refractivity (Wildman–Crippen MR) is 65.9 cm³/mol. The van der Waals surface area contributed by atoms with Crippen LogP contribution in [0.25, 0.3) is 22.3 Å². The molecular weight excluding hydrogens is 276 g/mol. The maximum absolute atomic E-state index is 5.61. The van der Waals surface area contributed by atoms with Gasteiger partial charge in [-0.05, 0) is 22.0 Å². The Balaban J connectivity index is 2.26. The van der Waals surface area contributed by atoms with Crippen LogP contribution < -0.4 is 5.73 Å². The van der Waals surface area contributed by atoms with Gasteiger partial charge in [-0.1, -0.05) is 0 Å². The molecule has 0 amide bonds. The van der Waals surface area contributed by atoms with Crippen LogP contribution in [0.15, 0.2) is 22.2 Å². The van der Waals surface area contributed by atoms with Gasteiger partial charge in [0.25, 0.3) is 0 Å². The second-order valence-electron chi connectivity index (χ2n) is 3.18. The molecule has 3 heterocycles. The van der Waals surface area contributed by atoms with Crippen molar-refractivity contribution in [2.75, 3.05) is 5.73 Å². The van der Waals surface area contributed by atoms with E-state index in [2.05, 4.69) is 30.9 Å². The second-order valence-corrected chi connectivity index (χ2v) is 4.92. The average Bonchev–Trinajstić information content (AvgIpc) is 2.80. The molecule has 6 heteroatoms. The molecule has 3 aromatic heterocycles. The van der Waals surface area contributed by atoms with E-state index in [1.54, 1.807) is 0 Å². The van der Waals surface area contributed by atoms with Crippen molar-refractivity contribution < 1.29 is 0 Å². The summed E-state index contributed by atoms with van der Waals surface area (Å²) in [4.78, 5) is 10.6. The van der Waals surface area contributed by atoms with Crippen molar-refractivity contribution >= 4 is 43.4 Å². The minimum Gasteiger partial charge on any atom is -0.375 e. The number of hydrogen-bond acceptors (Lipinski definition) is 3. The molecule has 0 unspecified atom stereocenters. The Kier molecular flexibility index (Phi) is 1.86. The first-order valence-electron chi connectivity index (χ1n) is 4.31. The summed E-state index contributed by atoms with van der Waals surface area (Å²) in [6, 6.07) is 2.02. The molecule has 0 radical (unpaired) electrons. The van der Waals surface area contributed by atoms with Gasteiger partial charge in [-0.15, -0.1) is 11.3 Å². The van der Waals surface area contributed by atoms with Crippen molar-refractivity contribution in [2.24, 2.45) is 0 Å². The molecular formula is C9H7BrN4S. The number of anilines is 1. The lowest BCUT2D eigenvalue weighted by Crippen LogP contribution is -1.81. The smallest absolute Gasteiger partial charge is 0.180 e. The van der Waals surface area contributed by atoms with Crippen LogP contribution in [0.2, 0.25) is 0 Å². The molecule has 4 nitrogen and oxygen atoms in total. The van der Waals surface area contributed by atoms with E-state index >= 15 is 0 Å². The maximum atomic E-state index is 5.61. The SMILES string of the molecule is Nc1nc(-c2c[nH]c3[nH]c(Br)cc23)cs1. The van der Waals surface area contributed by atoms with Crippen molar-refractivity contribution in [3.63, 3.8) is 0 Å². The molecule has 15 heavy (non-hydrogen) atoms. The van der Waals surface area contributed by atoms with Crippen LogP contribution >= 0.6 is 27.3 Å². The van der Waals surface area contributed by atoms with Crippen LogP contribution in [-0.4, -0.2) is 15.0 Å². The molecule has 0 spiro atoms. The predicted octanol–water partition coefficient (Wildman–Crippen LogP) is 2.96. The van der Waals surface area contributed by atoms with Gasteiger partial charge in [0.05, 0.1) is 10.3 Å². The molecule has 0 aliphatic rings. The summed E-state index contributed by atoms with van der Waals surface area (Å²) in [7, 11) is 0. The highest BCUT2D eigenvalue weighted by molar-refractivity contribution is 9.10. The summed E-state index contributed by atoms with van der Waals surface area (Å²) in [5, 5.41) is 3.67. The monoisotopic (exact) mass is 282 g/mol. The zero-order chi connectivity index (χ0) is 10.4. The van der Waals surface area contributed by atoms with Gasteiger partial charge in [0.15, 0.2) is 5.13 Å². The second kappa shape index (κ2) is 3.11. The van der Waals surface area contributed by atoms with E-state index in [-0.39, 0.29) is 0 Å². The third-order valence-electron chi connectivity index (χ3n) is 2.23. The third kappa shape index (κ3) is 1.37. The molecule has 0 aromatic carbocycles. The molecule has 3 aromatic rings. The van der Waals surface area contributed by atoms with E-state index in [0.717, 1.165) is 26.9 Å². The highest BCUT2D eigenvalue weighted by Gasteiger charge is 2.10. The topological polar surface area (TPSA) is 70.5 Å². The van der Waals surface area contributed by atoms with Gasteiger partial charge in [-0.2, -0.15) is 0 Å². The van der Waals surface area contributed by atoms with Crippen molar-refractivity contribution in [1.29, 1.82) is 0 Å². The molecule has 0 saturated carbocycles. The molecule has 0 aliphatic heterocycles. The van der Waals surface area contributed by atoms with Gasteiger partial charge in [-0.25, -0.2) is 4.98 Å². The number of aromatic nitrogens is 3. The first kappa shape index (κ1) is 8.99. The minimum atomic E-state index is 0.592. The van der Waals surface area contributed by atoms with Gasteiger partial charge in [0.1, 0.15) is 5.65 Å². The van der Waals surface area contributed by atoms with Crippen molar-refractivity contribution in [2.45, 2.75) is 0 Å². The number of thiazole rings is 1.